The van der Waals surface area contributed by atoms with Crippen LogP contribution >= 0.6 is 0 Å². The molecule has 8 nitrogen and oxygen atoms in total. The normalized spacial score (nSPS) is 19.1. The summed E-state index contributed by atoms with van der Waals surface area (Å²) < 4.78 is 82.6. The van der Waals surface area contributed by atoms with Crippen LogP contribution in [0.5, 0.6) is 5.75 Å². The number of anilines is 1. The Morgan fingerprint density at radius 1 is 1.15 bits per heavy atom. The molecule has 0 radical (unpaired) electrons. The Bertz CT molecular complexity index is 953. The van der Waals surface area contributed by atoms with Crippen molar-refractivity contribution in [1.29, 1.82) is 0 Å². The maximum atomic E-state index is 13.8. The van der Waals surface area contributed by atoms with Crippen LogP contribution in [-0.4, -0.2) is 66.8 Å². The minimum Gasteiger partial charge on any atom is -0.486 e. The smallest absolute Gasteiger partial charge is 0.455 e. The summed E-state index contributed by atoms with van der Waals surface area (Å²) in [6, 6.07) is 1.81. The van der Waals surface area contributed by atoms with Gasteiger partial charge < -0.3 is 25.4 Å². The predicted octanol–water partition coefficient (Wildman–Crippen LogP) is 1.76. The number of carbonyl (C=O) groups excluding carboxylic acids is 3. The molecule has 34 heavy (non-hydrogen) atoms. The summed E-state index contributed by atoms with van der Waals surface area (Å²) in [5.74, 6) is -9.31. The van der Waals surface area contributed by atoms with Gasteiger partial charge in [0.15, 0.2) is 0 Å². The summed E-state index contributed by atoms with van der Waals surface area (Å²) in [5.41, 5.74) is -2.19. The van der Waals surface area contributed by atoms with Crippen LogP contribution in [0.4, 0.5) is 32.0 Å². The van der Waals surface area contributed by atoms with E-state index < -0.39 is 66.4 Å². The van der Waals surface area contributed by atoms with E-state index in [2.05, 4.69) is 5.32 Å². The van der Waals surface area contributed by atoms with Gasteiger partial charge in [-0.15, -0.1) is 0 Å². The van der Waals surface area contributed by atoms with E-state index in [9.17, 15) is 45.8 Å². The van der Waals surface area contributed by atoms with Gasteiger partial charge in [-0.1, -0.05) is 0 Å². The van der Waals surface area contributed by atoms with Crippen molar-refractivity contribution in [2.75, 3.05) is 24.6 Å². The Balaban J connectivity index is 2.23. The molecule has 0 aromatic heterocycles. The molecule has 0 saturated carbocycles. The molecular formula is C20H23F6N3O5. The zero-order chi connectivity index (χ0) is 26.1. The molecule has 0 aliphatic carbocycles. The Morgan fingerprint density at radius 3 is 2.32 bits per heavy atom. The molecule has 1 aliphatic heterocycles. The molecule has 0 unspecified atom stereocenters. The average Bonchev–Trinajstić information content (AvgIpc) is 2.81. The predicted molar refractivity (Wildman–Crippen MR) is 106 cm³/mol. The molecule has 1 heterocycles. The highest BCUT2D eigenvalue weighted by molar-refractivity contribution is 6.07. The molecule has 0 spiro atoms. The molecule has 1 aromatic carbocycles. The van der Waals surface area contributed by atoms with Gasteiger partial charge in [-0.2, -0.15) is 22.0 Å². The van der Waals surface area contributed by atoms with Gasteiger partial charge in [0.05, 0.1) is 18.8 Å². The highest BCUT2D eigenvalue weighted by atomic mass is 19.4. The van der Waals surface area contributed by atoms with E-state index in [0.717, 1.165) is 30.9 Å². The fourth-order valence-electron chi connectivity index (χ4n) is 3.00. The first-order valence-electron chi connectivity index (χ1n) is 9.95. The third kappa shape index (κ3) is 5.54. The third-order valence-electron chi connectivity index (χ3n) is 5.16. The summed E-state index contributed by atoms with van der Waals surface area (Å²) in [6.07, 6.45) is -6.98. The van der Waals surface area contributed by atoms with Crippen LogP contribution in [0.1, 0.15) is 20.8 Å². The van der Waals surface area contributed by atoms with Crippen LogP contribution in [0.15, 0.2) is 18.2 Å². The lowest BCUT2D eigenvalue weighted by molar-refractivity contribution is -0.278. The first-order valence-corrected chi connectivity index (χ1v) is 9.95. The third-order valence-corrected chi connectivity index (χ3v) is 5.16. The molecule has 2 rings (SSSR count). The number of nitrogens with one attached hydrogen (secondary N) is 2. The molecule has 0 saturated heterocycles. The molecule has 190 valence electrons. The molecule has 3 amide bonds. The first-order chi connectivity index (χ1) is 15.5. The zero-order valence-corrected chi connectivity index (χ0v) is 18.3. The van der Waals surface area contributed by atoms with E-state index >= 15 is 0 Å². The molecule has 2 atom stereocenters. The van der Waals surface area contributed by atoms with Gasteiger partial charge in [-0.05, 0) is 32.9 Å². The van der Waals surface area contributed by atoms with Crippen molar-refractivity contribution < 1.29 is 50.6 Å². The van der Waals surface area contributed by atoms with E-state index in [1.807, 2.05) is 0 Å². The summed E-state index contributed by atoms with van der Waals surface area (Å²) in [4.78, 5) is 39.1. The van der Waals surface area contributed by atoms with Gasteiger partial charge in [0.25, 0.3) is 5.91 Å². The van der Waals surface area contributed by atoms with Gasteiger partial charge in [0.2, 0.25) is 11.8 Å². The van der Waals surface area contributed by atoms with Crippen LogP contribution in [0.2, 0.25) is 0 Å². The van der Waals surface area contributed by atoms with Crippen molar-refractivity contribution >= 4 is 23.4 Å². The fourth-order valence-corrected chi connectivity index (χ4v) is 3.00. The number of β-amino-alcohol motifs (C(OH)–C–C–N with tert-alkyl or cyclic N) is 1. The maximum absolute atomic E-state index is 13.8. The van der Waals surface area contributed by atoms with Gasteiger partial charge in [-0.3, -0.25) is 14.4 Å². The number of aliphatic hydroxyl groups excluding tert-OH is 1. The lowest BCUT2D eigenvalue weighted by Gasteiger charge is -2.30. The minimum absolute atomic E-state index is 0.0194. The molecule has 3 N–H and O–H groups in total. The molecule has 0 bridgehead atoms. The molecule has 14 heteroatoms. The van der Waals surface area contributed by atoms with Gasteiger partial charge >= 0.3 is 12.1 Å². The van der Waals surface area contributed by atoms with Crippen LogP contribution in [0.25, 0.3) is 0 Å². The van der Waals surface area contributed by atoms with Crippen LogP contribution in [0.3, 0.4) is 0 Å². The van der Waals surface area contributed by atoms with Crippen molar-refractivity contribution in [2.45, 2.75) is 45.0 Å². The van der Waals surface area contributed by atoms with Crippen molar-refractivity contribution in [3.8, 4) is 5.75 Å². The second kappa shape index (κ2) is 9.68. The van der Waals surface area contributed by atoms with Crippen LogP contribution in [0, 0.1) is 11.2 Å². The molecule has 1 aliphatic rings. The number of ether oxygens (including phenoxy) is 1. The van der Waals surface area contributed by atoms with Gasteiger partial charge in [0, 0.05) is 12.6 Å². The lowest BCUT2D eigenvalue weighted by atomic mass is 9.90. The topological polar surface area (TPSA) is 108 Å². The number of nitrogens with zero attached hydrogens (tertiary/aromatic N) is 1. The van der Waals surface area contributed by atoms with E-state index in [-0.39, 0.29) is 18.0 Å². The number of aliphatic hydroxyl groups is 1. The quantitative estimate of drug-likeness (QED) is 0.392. The van der Waals surface area contributed by atoms with E-state index in [4.69, 9.17) is 4.74 Å². The van der Waals surface area contributed by atoms with Crippen LogP contribution in [-0.2, 0) is 14.4 Å². The second-order valence-corrected chi connectivity index (χ2v) is 8.11. The highest BCUT2D eigenvalue weighted by Crippen LogP contribution is 2.35. The second-order valence-electron chi connectivity index (χ2n) is 8.11. The van der Waals surface area contributed by atoms with Crippen molar-refractivity contribution in [2.24, 2.45) is 5.41 Å². The summed E-state index contributed by atoms with van der Waals surface area (Å²) >= 11 is 0. The number of hydrogen-bond donors (Lipinski definition) is 3. The Kier molecular flexibility index (Phi) is 7.75. The Hall–Kier alpha value is -3.03. The fraction of sp³-hybridized carbons (Fsp3) is 0.550. The summed E-state index contributed by atoms with van der Waals surface area (Å²) in [6.45, 7) is 0.401. The van der Waals surface area contributed by atoms with E-state index in [1.54, 1.807) is 0 Å². The number of carbonyl (C=O) groups is 3. The summed E-state index contributed by atoms with van der Waals surface area (Å²) in [5, 5.41) is 13.0. The summed E-state index contributed by atoms with van der Waals surface area (Å²) in [7, 11) is 0. The minimum atomic E-state index is -5.91. The number of halogens is 6. The first kappa shape index (κ1) is 27.2. The van der Waals surface area contributed by atoms with E-state index in [0.29, 0.717) is 0 Å². The largest absolute Gasteiger partial charge is 0.486 e. The number of hydrogen-bond acceptors (Lipinski definition) is 5. The van der Waals surface area contributed by atoms with Gasteiger partial charge in [0.1, 0.15) is 29.1 Å². The van der Waals surface area contributed by atoms with Crippen molar-refractivity contribution in [3.63, 3.8) is 0 Å². The number of fused-ring (bicyclic) bond motifs is 1. The molecule has 1 aromatic rings. The Morgan fingerprint density at radius 2 is 1.76 bits per heavy atom. The standard InChI is InChI=1S/C20H23F6N3O5/c1-10-14(15(31)29(6-7-30)12-8-11(21)4-5-13(12)34-10)28-17(33)18(2,3)16(32)27-9-19(22,23)20(24,25)26/h4-5,8,10,14,30H,6-7,9H2,1-3H3,(H,27,32)(H,28,33)/t10-,14+/m1/s1. The highest BCUT2D eigenvalue weighted by Gasteiger charge is 2.57. The maximum Gasteiger partial charge on any atom is 0.455 e. The Labute approximate surface area is 190 Å². The van der Waals surface area contributed by atoms with Crippen molar-refractivity contribution in [3.05, 3.63) is 24.0 Å². The number of rotatable bonds is 7. The number of amides is 3. The molecule has 0 fully saturated rings. The monoisotopic (exact) mass is 499 g/mol. The van der Waals surface area contributed by atoms with Crippen LogP contribution < -0.4 is 20.3 Å². The van der Waals surface area contributed by atoms with Crippen molar-refractivity contribution in [1.82, 2.24) is 10.6 Å². The number of alkyl halides is 5. The lowest BCUT2D eigenvalue weighted by Crippen LogP contribution is -2.59. The SMILES string of the molecule is C[C@H]1Oc2ccc(F)cc2N(CCO)C(=O)[C@H]1NC(=O)C(C)(C)C(=O)NCC(F)(F)C(F)(F)F. The molecular weight excluding hydrogens is 476 g/mol. The van der Waals surface area contributed by atoms with Gasteiger partial charge in [-0.25, -0.2) is 4.39 Å². The number of benzene rings is 1. The van der Waals surface area contributed by atoms with E-state index in [1.165, 1.54) is 18.3 Å². The zero-order valence-electron chi connectivity index (χ0n) is 18.3. The average molecular weight is 499 g/mol.